The Hall–Kier alpha value is -1.40. The smallest absolute Gasteiger partial charge is 0.336 e. The van der Waals surface area contributed by atoms with Gasteiger partial charge in [-0.15, -0.1) is 0 Å². The maximum absolute atomic E-state index is 10.9. The predicted octanol–water partition coefficient (Wildman–Crippen LogP) is 1.25. The molecule has 0 aliphatic heterocycles. The SMILES string of the molecule is Cc1ccc(S(=O)(=O)O)c(C)c1C(=O)O. The zero-order valence-corrected chi connectivity index (χ0v) is 9.00. The van der Waals surface area contributed by atoms with E-state index in [1.807, 2.05) is 0 Å². The molecule has 0 spiro atoms. The molecule has 15 heavy (non-hydrogen) atoms. The van der Waals surface area contributed by atoms with Crippen molar-refractivity contribution in [3.05, 3.63) is 28.8 Å². The first-order valence-corrected chi connectivity index (χ1v) is 5.50. The number of hydrogen-bond donors (Lipinski definition) is 2. The third-order valence-corrected chi connectivity index (χ3v) is 3.11. The lowest BCUT2D eigenvalue weighted by Gasteiger charge is -2.08. The highest BCUT2D eigenvalue weighted by molar-refractivity contribution is 7.85. The molecule has 0 amide bonds. The Kier molecular flexibility index (Phi) is 2.83. The molecule has 0 bridgehead atoms. The molecule has 0 atom stereocenters. The van der Waals surface area contributed by atoms with Crippen molar-refractivity contribution in [3.8, 4) is 0 Å². The van der Waals surface area contributed by atoms with E-state index >= 15 is 0 Å². The molecule has 1 aromatic carbocycles. The Morgan fingerprint density at radius 2 is 1.80 bits per heavy atom. The standard InChI is InChI=1S/C9H10O5S/c1-5-3-4-7(15(12,13)14)6(2)8(5)9(10)11/h3-4H,1-2H3,(H,10,11)(H,12,13,14). The normalized spacial score (nSPS) is 11.4. The number of aryl methyl sites for hydroxylation is 1. The van der Waals surface area contributed by atoms with E-state index in [1.165, 1.54) is 19.1 Å². The number of rotatable bonds is 2. The van der Waals surface area contributed by atoms with E-state index in [9.17, 15) is 13.2 Å². The molecule has 0 fully saturated rings. The average Bonchev–Trinajstić information content (AvgIpc) is 2.00. The summed E-state index contributed by atoms with van der Waals surface area (Å²) in [7, 11) is -4.37. The van der Waals surface area contributed by atoms with Crippen molar-refractivity contribution in [2.45, 2.75) is 18.7 Å². The van der Waals surface area contributed by atoms with E-state index in [-0.39, 0.29) is 16.0 Å². The van der Waals surface area contributed by atoms with Crippen LogP contribution in [0.1, 0.15) is 21.5 Å². The third kappa shape index (κ3) is 2.16. The van der Waals surface area contributed by atoms with Crippen LogP contribution in [0.3, 0.4) is 0 Å². The van der Waals surface area contributed by atoms with Gasteiger partial charge in [-0.1, -0.05) is 6.07 Å². The number of benzene rings is 1. The molecular formula is C9H10O5S. The summed E-state index contributed by atoms with van der Waals surface area (Å²) >= 11 is 0. The molecular weight excluding hydrogens is 220 g/mol. The Balaban J connectivity index is 3.64. The number of carboxylic acid groups (broad SMARTS) is 1. The van der Waals surface area contributed by atoms with Gasteiger partial charge in [-0.3, -0.25) is 4.55 Å². The molecule has 82 valence electrons. The molecule has 2 N–H and O–H groups in total. The highest BCUT2D eigenvalue weighted by Crippen LogP contribution is 2.21. The summed E-state index contributed by atoms with van der Waals surface area (Å²) in [5, 5.41) is 8.86. The average molecular weight is 230 g/mol. The number of carboxylic acids is 1. The second-order valence-electron chi connectivity index (χ2n) is 3.16. The Morgan fingerprint density at radius 3 is 2.20 bits per heavy atom. The van der Waals surface area contributed by atoms with Gasteiger partial charge in [-0.05, 0) is 31.0 Å². The van der Waals surface area contributed by atoms with Crippen molar-refractivity contribution in [2.75, 3.05) is 0 Å². The van der Waals surface area contributed by atoms with Crippen LogP contribution >= 0.6 is 0 Å². The topological polar surface area (TPSA) is 91.7 Å². The van der Waals surface area contributed by atoms with Crippen LogP contribution in [0.4, 0.5) is 0 Å². The molecule has 6 heteroatoms. The van der Waals surface area contributed by atoms with Gasteiger partial charge in [-0.25, -0.2) is 4.79 Å². The van der Waals surface area contributed by atoms with Crippen molar-refractivity contribution < 1.29 is 22.9 Å². The van der Waals surface area contributed by atoms with Gasteiger partial charge >= 0.3 is 5.97 Å². The van der Waals surface area contributed by atoms with Gasteiger partial charge in [0.2, 0.25) is 0 Å². The maximum atomic E-state index is 10.9. The van der Waals surface area contributed by atoms with E-state index < -0.39 is 16.1 Å². The summed E-state index contributed by atoms with van der Waals surface area (Å²) in [6.07, 6.45) is 0. The number of carbonyl (C=O) groups is 1. The van der Waals surface area contributed by atoms with Crippen molar-refractivity contribution in [2.24, 2.45) is 0 Å². The Labute approximate surface area is 87.1 Å². The van der Waals surface area contributed by atoms with E-state index in [0.29, 0.717) is 5.56 Å². The molecule has 1 aromatic rings. The zero-order chi connectivity index (χ0) is 11.8. The molecule has 5 nitrogen and oxygen atoms in total. The van der Waals surface area contributed by atoms with Gasteiger partial charge in [0.25, 0.3) is 10.1 Å². The summed E-state index contributed by atoms with van der Waals surface area (Å²) in [4.78, 5) is 10.5. The number of aromatic carboxylic acids is 1. The highest BCUT2D eigenvalue weighted by atomic mass is 32.2. The molecule has 0 radical (unpaired) electrons. The summed E-state index contributed by atoms with van der Waals surface area (Å²) in [5.41, 5.74) is 0.405. The fourth-order valence-electron chi connectivity index (χ4n) is 1.44. The summed E-state index contributed by atoms with van der Waals surface area (Å²) < 4.78 is 30.7. The van der Waals surface area contributed by atoms with Gasteiger partial charge in [-0.2, -0.15) is 8.42 Å². The van der Waals surface area contributed by atoms with Crippen LogP contribution in [0.5, 0.6) is 0 Å². The minimum absolute atomic E-state index is 0.0463. The van der Waals surface area contributed by atoms with E-state index in [1.54, 1.807) is 6.92 Å². The summed E-state index contributed by atoms with van der Waals surface area (Å²) in [6, 6.07) is 2.53. The number of hydrogen-bond acceptors (Lipinski definition) is 3. The van der Waals surface area contributed by atoms with E-state index in [4.69, 9.17) is 9.66 Å². The first-order chi connectivity index (χ1) is 6.75. The van der Waals surface area contributed by atoms with Gasteiger partial charge < -0.3 is 5.11 Å². The zero-order valence-electron chi connectivity index (χ0n) is 8.18. The van der Waals surface area contributed by atoms with Crippen LogP contribution in [0, 0.1) is 13.8 Å². The predicted molar refractivity (Wildman–Crippen MR) is 52.7 cm³/mol. The van der Waals surface area contributed by atoms with Crippen molar-refractivity contribution >= 4 is 16.1 Å². The maximum Gasteiger partial charge on any atom is 0.336 e. The van der Waals surface area contributed by atoms with Crippen LogP contribution in [0.15, 0.2) is 17.0 Å². The van der Waals surface area contributed by atoms with Crippen LogP contribution in [-0.4, -0.2) is 24.0 Å². The molecule has 0 unspecified atom stereocenters. The van der Waals surface area contributed by atoms with Crippen molar-refractivity contribution in [3.63, 3.8) is 0 Å². The van der Waals surface area contributed by atoms with E-state index in [2.05, 4.69) is 0 Å². The minimum Gasteiger partial charge on any atom is -0.478 e. The van der Waals surface area contributed by atoms with Gasteiger partial charge in [0, 0.05) is 0 Å². The Morgan fingerprint density at radius 1 is 1.27 bits per heavy atom. The second-order valence-corrected chi connectivity index (χ2v) is 4.55. The second kappa shape index (κ2) is 3.63. The van der Waals surface area contributed by atoms with Gasteiger partial charge in [0.15, 0.2) is 0 Å². The summed E-state index contributed by atoms with van der Waals surface area (Å²) in [6.45, 7) is 2.91. The molecule has 0 aliphatic rings. The van der Waals surface area contributed by atoms with Crippen molar-refractivity contribution in [1.82, 2.24) is 0 Å². The first-order valence-electron chi connectivity index (χ1n) is 4.06. The minimum atomic E-state index is -4.37. The van der Waals surface area contributed by atoms with Gasteiger partial charge in [0.05, 0.1) is 10.5 Å². The lowest BCUT2D eigenvalue weighted by Crippen LogP contribution is -2.09. The van der Waals surface area contributed by atoms with Crippen molar-refractivity contribution in [1.29, 1.82) is 0 Å². The molecule has 0 saturated carbocycles. The molecule has 0 heterocycles. The summed E-state index contributed by atoms with van der Waals surface area (Å²) in [5.74, 6) is -1.21. The Bertz CT molecular complexity index is 516. The molecule has 1 rings (SSSR count). The lowest BCUT2D eigenvalue weighted by molar-refractivity contribution is 0.0695. The van der Waals surface area contributed by atoms with Crippen LogP contribution < -0.4 is 0 Å². The van der Waals surface area contributed by atoms with Gasteiger partial charge in [0.1, 0.15) is 0 Å². The lowest BCUT2D eigenvalue weighted by atomic mass is 10.0. The van der Waals surface area contributed by atoms with E-state index in [0.717, 1.165) is 0 Å². The fraction of sp³-hybridized carbons (Fsp3) is 0.222. The quantitative estimate of drug-likeness (QED) is 0.746. The third-order valence-electron chi connectivity index (χ3n) is 2.12. The largest absolute Gasteiger partial charge is 0.478 e. The molecule has 0 aliphatic carbocycles. The molecule has 0 aromatic heterocycles. The first kappa shape index (κ1) is 11.7. The highest BCUT2D eigenvalue weighted by Gasteiger charge is 2.20. The van der Waals surface area contributed by atoms with Crippen LogP contribution in [0.25, 0.3) is 0 Å². The monoisotopic (exact) mass is 230 g/mol. The van der Waals surface area contributed by atoms with Crippen LogP contribution in [0.2, 0.25) is 0 Å². The molecule has 0 saturated heterocycles. The fourth-order valence-corrected chi connectivity index (χ4v) is 2.17. The van der Waals surface area contributed by atoms with Crippen LogP contribution in [-0.2, 0) is 10.1 Å².